The first-order valence-electron chi connectivity index (χ1n) is 3.46. The molecule has 0 aromatic carbocycles. The molecule has 0 aliphatic heterocycles. The summed E-state index contributed by atoms with van der Waals surface area (Å²) in [7, 11) is 1.71. The monoisotopic (exact) mass is 131 g/mol. The van der Waals surface area contributed by atoms with Gasteiger partial charge in [0.25, 0.3) is 0 Å². The van der Waals surface area contributed by atoms with Crippen molar-refractivity contribution < 1.29 is 4.74 Å². The lowest BCUT2D eigenvalue weighted by Gasteiger charge is -2.16. The van der Waals surface area contributed by atoms with E-state index in [-0.39, 0.29) is 0 Å². The third-order valence-corrected chi connectivity index (χ3v) is 1.63. The van der Waals surface area contributed by atoms with Crippen LogP contribution in [0.3, 0.4) is 0 Å². The zero-order chi connectivity index (χ0) is 7.28. The highest BCUT2D eigenvalue weighted by Crippen LogP contribution is 2.02. The number of nitrogens with two attached hydrogens (primary N) is 1. The van der Waals surface area contributed by atoms with Crippen LogP contribution in [0.4, 0.5) is 0 Å². The minimum absolute atomic E-state index is 0.296. The van der Waals surface area contributed by atoms with Gasteiger partial charge in [0.1, 0.15) is 0 Å². The van der Waals surface area contributed by atoms with Gasteiger partial charge in [-0.25, -0.2) is 0 Å². The summed E-state index contributed by atoms with van der Waals surface area (Å²) in [6, 6.07) is 0.296. The van der Waals surface area contributed by atoms with E-state index in [9.17, 15) is 0 Å². The molecule has 0 rings (SSSR count). The number of hydrogen-bond acceptors (Lipinski definition) is 2. The number of ether oxygens (including phenoxy) is 1. The Labute approximate surface area is 57.4 Å². The number of rotatable bonds is 4. The van der Waals surface area contributed by atoms with Crippen LogP contribution in [0.15, 0.2) is 0 Å². The molecule has 2 N–H and O–H groups in total. The third kappa shape index (κ3) is 3.49. The van der Waals surface area contributed by atoms with Crippen LogP contribution in [-0.2, 0) is 4.74 Å². The molecule has 2 heteroatoms. The molecule has 0 heterocycles. The summed E-state index contributed by atoms with van der Waals surface area (Å²) in [5.74, 6) is 0.486. The van der Waals surface area contributed by atoms with Gasteiger partial charge in [0.15, 0.2) is 0 Å². The number of methoxy groups -OCH3 is 1. The Morgan fingerprint density at radius 3 is 2.44 bits per heavy atom. The molecule has 2 atom stereocenters. The summed E-state index contributed by atoms with van der Waals surface area (Å²) >= 11 is 0. The molecule has 0 aromatic heterocycles. The van der Waals surface area contributed by atoms with Crippen molar-refractivity contribution >= 4 is 0 Å². The van der Waals surface area contributed by atoms with E-state index in [1.807, 2.05) is 0 Å². The van der Waals surface area contributed by atoms with Gasteiger partial charge < -0.3 is 10.5 Å². The van der Waals surface area contributed by atoms with Crippen molar-refractivity contribution in [2.75, 3.05) is 13.7 Å². The molecule has 0 aliphatic carbocycles. The fourth-order valence-electron chi connectivity index (χ4n) is 0.789. The minimum Gasteiger partial charge on any atom is -0.384 e. The van der Waals surface area contributed by atoms with Gasteiger partial charge in [-0.1, -0.05) is 13.8 Å². The smallest absolute Gasteiger partial charge is 0.0502 e. The van der Waals surface area contributed by atoms with Crippen molar-refractivity contribution in [1.82, 2.24) is 0 Å². The summed E-state index contributed by atoms with van der Waals surface area (Å²) in [5.41, 5.74) is 5.72. The molecule has 0 fully saturated rings. The van der Waals surface area contributed by atoms with Crippen molar-refractivity contribution in [2.24, 2.45) is 11.7 Å². The van der Waals surface area contributed by atoms with Crippen LogP contribution in [0.2, 0.25) is 0 Å². The van der Waals surface area contributed by atoms with E-state index in [0.717, 1.165) is 13.0 Å². The molecule has 0 bridgehead atoms. The van der Waals surface area contributed by atoms with Gasteiger partial charge in [0, 0.05) is 13.2 Å². The molecular weight excluding hydrogens is 114 g/mol. The standard InChI is InChI=1S/C7H17NO/c1-4-7(8)6(2)5-9-3/h6-7H,4-5,8H2,1-3H3. The van der Waals surface area contributed by atoms with Crippen LogP contribution >= 0.6 is 0 Å². The lowest BCUT2D eigenvalue weighted by Crippen LogP contribution is -2.29. The zero-order valence-electron chi connectivity index (χ0n) is 6.55. The van der Waals surface area contributed by atoms with Crippen LogP contribution in [0.1, 0.15) is 20.3 Å². The molecule has 0 radical (unpaired) electrons. The Morgan fingerprint density at radius 1 is 1.56 bits per heavy atom. The topological polar surface area (TPSA) is 35.2 Å². The lowest BCUT2D eigenvalue weighted by atomic mass is 10.0. The predicted octanol–water partition coefficient (Wildman–Crippen LogP) is 1.01. The van der Waals surface area contributed by atoms with Gasteiger partial charge >= 0.3 is 0 Å². The molecule has 0 saturated carbocycles. The molecule has 0 saturated heterocycles. The molecule has 0 spiro atoms. The van der Waals surface area contributed by atoms with Gasteiger partial charge in [-0.2, -0.15) is 0 Å². The summed E-state index contributed by atoms with van der Waals surface area (Å²) in [5, 5.41) is 0. The van der Waals surface area contributed by atoms with E-state index < -0.39 is 0 Å². The fraction of sp³-hybridized carbons (Fsp3) is 1.00. The highest BCUT2D eigenvalue weighted by atomic mass is 16.5. The molecule has 0 aromatic rings. The molecule has 9 heavy (non-hydrogen) atoms. The van der Waals surface area contributed by atoms with Crippen LogP contribution in [0.5, 0.6) is 0 Å². The second-order valence-electron chi connectivity index (χ2n) is 2.50. The van der Waals surface area contributed by atoms with Crippen molar-refractivity contribution in [3.05, 3.63) is 0 Å². The first kappa shape index (κ1) is 8.92. The Kier molecular flexibility index (Phi) is 4.72. The first-order chi connectivity index (χ1) is 4.22. The first-order valence-corrected chi connectivity index (χ1v) is 3.46. The molecule has 56 valence electrons. The van der Waals surface area contributed by atoms with Crippen molar-refractivity contribution in [2.45, 2.75) is 26.3 Å². The van der Waals surface area contributed by atoms with E-state index in [2.05, 4.69) is 13.8 Å². The van der Waals surface area contributed by atoms with E-state index in [0.29, 0.717) is 12.0 Å². The second kappa shape index (κ2) is 4.77. The van der Waals surface area contributed by atoms with Gasteiger partial charge in [0.05, 0.1) is 6.61 Å². The summed E-state index contributed by atoms with van der Waals surface area (Å²) in [6.45, 7) is 4.98. The molecule has 0 amide bonds. The van der Waals surface area contributed by atoms with Crippen LogP contribution in [0, 0.1) is 5.92 Å². The second-order valence-corrected chi connectivity index (χ2v) is 2.50. The average Bonchev–Trinajstić information content (AvgIpc) is 1.87. The summed E-state index contributed by atoms with van der Waals surface area (Å²) in [6.07, 6.45) is 1.03. The highest BCUT2D eigenvalue weighted by Gasteiger charge is 2.08. The van der Waals surface area contributed by atoms with E-state index in [1.54, 1.807) is 7.11 Å². The van der Waals surface area contributed by atoms with E-state index >= 15 is 0 Å². The van der Waals surface area contributed by atoms with E-state index in [1.165, 1.54) is 0 Å². The Bertz CT molecular complexity index is 65.9. The Balaban J connectivity index is 3.32. The van der Waals surface area contributed by atoms with Crippen molar-refractivity contribution in [3.63, 3.8) is 0 Å². The lowest BCUT2D eigenvalue weighted by molar-refractivity contribution is 0.146. The maximum absolute atomic E-state index is 5.72. The maximum atomic E-state index is 5.72. The normalized spacial score (nSPS) is 17.3. The minimum atomic E-state index is 0.296. The zero-order valence-corrected chi connectivity index (χ0v) is 6.55. The predicted molar refractivity (Wildman–Crippen MR) is 39.3 cm³/mol. The highest BCUT2D eigenvalue weighted by molar-refractivity contribution is 4.65. The molecule has 2 unspecified atom stereocenters. The van der Waals surface area contributed by atoms with Crippen LogP contribution in [0.25, 0.3) is 0 Å². The SMILES string of the molecule is CCC(N)C(C)COC. The van der Waals surface area contributed by atoms with Crippen molar-refractivity contribution in [1.29, 1.82) is 0 Å². The van der Waals surface area contributed by atoms with Gasteiger partial charge in [-0.3, -0.25) is 0 Å². The van der Waals surface area contributed by atoms with E-state index in [4.69, 9.17) is 10.5 Å². The third-order valence-electron chi connectivity index (χ3n) is 1.63. The Morgan fingerprint density at radius 2 is 2.11 bits per heavy atom. The van der Waals surface area contributed by atoms with Gasteiger partial charge in [-0.15, -0.1) is 0 Å². The maximum Gasteiger partial charge on any atom is 0.0502 e. The quantitative estimate of drug-likeness (QED) is 0.618. The molecule has 2 nitrogen and oxygen atoms in total. The molecule has 0 aliphatic rings. The Hall–Kier alpha value is -0.0800. The molecular formula is C7H17NO. The van der Waals surface area contributed by atoms with Crippen molar-refractivity contribution in [3.8, 4) is 0 Å². The average molecular weight is 131 g/mol. The summed E-state index contributed by atoms with van der Waals surface area (Å²) < 4.78 is 4.95. The van der Waals surface area contributed by atoms with Gasteiger partial charge in [0.2, 0.25) is 0 Å². The fourth-order valence-corrected chi connectivity index (χ4v) is 0.789. The largest absolute Gasteiger partial charge is 0.384 e. The van der Waals surface area contributed by atoms with Crippen LogP contribution in [-0.4, -0.2) is 19.8 Å². The van der Waals surface area contributed by atoms with Crippen LogP contribution < -0.4 is 5.73 Å². The summed E-state index contributed by atoms with van der Waals surface area (Å²) in [4.78, 5) is 0. The van der Waals surface area contributed by atoms with Gasteiger partial charge in [-0.05, 0) is 12.3 Å². The number of hydrogen-bond donors (Lipinski definition) is 1.